The third kappa shape index (κ3) is 4.06. The van der Waals surface area contributed by atoms with Crippen molar-refractivity contribution in [3.8, 4) is 0 Å². The number of hydrogen-bond donors (Lipinski definition) is 2. The summed E-state index contributed by atoms with van der Waals surface area (Å²) in [5.41, 5.74) is 5.13. The van der Waals surface area contributed by atoms with Crippen LogP contribution in [-0.4, -0.2) is 29.4 Å². The van der Waals surface area contributed by atoms with Crippen molar-refractivity contribution in [2.75, 3.05) is 11.4 Å². The second-order valence-corrected chi connectivity index (χ2v) is 7.37. The van der Waals surface area contributed by atoms with Crippen LogP contribution >= 0.6 is 0 Å². The van der Waals surface area contributed by atoms with E-state index in [9.17, 15) is 14.4 Å². The summed E-state index contributed by atoms with van der Waals surface area (Å²) < 4.78 is 0. The molecule has 2 aromatic carbocycles. The maximum absolute atomic E-state index is 12.6. The van der Waals surface area contributed by atoms with E-state index in [0.29, 0.717) is 13.1 Å². The number of carboxylic acid groups (broad SMARTS) is 1. The van der Waals surface area contributed by atoms with E-state index in [1.807, 2.05) is 32.9 Å². The summed E-state index contributed by atoms with van der Waals surface area (Å²) in [5, 5.41) is 11.8. The van der Waals surface area contributed by atoms with Crippen molar-refractivity contribution >= 4 is 23.5 Å². The molecule has 0 spiro atoms. The Morgan fingerprint density at radius 2 is 1.71 bits per heavy atom. The average Bonchev–Trinajstić information content (AvgIpc) is 3.01. The molecule has 2 amide bonds. The normalized spacial score (nSPS) is 16.3. The van der Waals surface area contributed by atoms with Gasteiger partial charge in [0.05, 0.1) is 11.5 Å². The number of nitrogens with one attached hydrogen (secondary N) is 1. The Labute approximate surface area is 164 Å². The van der Waals surface area contributed by atoms with Crippen molar-refractivity contribution in [3.05, 3.63) is 64.2 Å². The minimum absolute atomic E-state index is 0.0407. The Balaban J connectivity index is 1.65. The van der Waals surface area contributed by atoms with E-state index in [1.165, 1.54) is 12.1 Å². The number of carbonyl (C=O) groups is 3. The van der Waals surface area contributed by atoms with Gasteiger partial charge in [-0.3, -0.25) is 9.59 Å². The molecule has 1 aliphatic heterocycles. The molecule has 28 heavy (non-hydrogen) atoms. The fourth-order valence-electron chi connectivity index (χ4n) is 3.80. The van der Waals surface area contributed by atoms with E-state index in [2.05, 4.69) is 5.32 Å². The highest BCUT2D eigenvalue weighted by atomic mass is 16.4. The molecule has 0 aromatic heterocycles. The Kier molecular flexibility index (Phi) is 5.49. The van der Waals surface area contributed by atoms with Gasteiger partial charge in [-0.25, -0.2) is 4.79 Å². The number of anilines is 1. The third-order valence-corrected chi connectivity index (χ3v) is 5.07. The highest BCUT2D eigenvalue weighted by Gasteiger charge is 2.36. The molecule has 146 valence electrons. The number of aromatic carboxylic acids is 1. The number of carbonyl (C=O) groups excluding carboxylic acids is 2. The molecule has 1 heterocycles. The Bertz CT molecular complexity index is 911. The summed E-state index contributed by atoms with van der Waals surface area (Å²) in [6.07, 6.45) is 0.191. The lowest BCUT2D eigenvalue weighted by molar-refractivity contribution is -0.126. The van der Waals surface area contributed by atoms with E-state index in [1.54, 1.807) is 17.0 Å². The molecule has 0 saturated carbocycles. The molecular formula is C22H24N2O4. The average molecular weight is 380 g/mol. The summed E-state index contributed by atoms with van der Waals surface area (Å²) in [7, 11) is 0. The third-order valence-electron chi connectivity index (χ3n) is 5.07. The summed E-state index contributed by atoms with van der Waals surface area (Å²) >= 11 is 0. The van der Waals surface area contributed by atoms with Gasteiger partial charge in [0.15, 0.2) is 0 Å². The molecular weight excluding hydrogens is 356 g/mol. The predicted molar refractivity (Wildman–Crippen MR) is 106 cm³/mol. The van der Waals surface area contributed by atoms with Crippen LogP contribution in [0.2, 0.25) is 0 Å². The number of aryl methyl sites for hydroxylation is 3. The second kappa shape index (κ2) is 7.84. The van der Waals surface area contributed by atoms with Crippen LogP contribution in [0, 0.1) is 26.7 Å². The van der Waals surface area contributed by atoms with Crippen LogP contribution in [-0.2, 0) is 16.1 Å². The van der Waals surface area contributed by atoms with Gasteiger partial charge in [-0.1, -0.05) is 29.8 Å². The summed E-state index contributed by atoms with van der Waals surface area (Å²) in [6, 6.07) is 10.5. The molecule has 1 aliphatic rings. The molecule has 0 radical (unpaired) electrons. The molecule has 6 nitrogen and oxygen atoms in total. The zero-order chi connectivity index (χ0) is 20.4. The van der Waals surface area contributed by atoms with Crippen LogP contribution in [0.3, 0.4) is 0 Å². The Morgan fingerprint density at radius 1 is 1.11 bits per heavy atom. The first kappa shape index (κ1) is 19.6. The van der Waals surface area contributed by atoms with Gasteiger partial charge < -0.3 is 15.3 Å². The molecule has 0 bridgehead atoms. The van der Waals surface area contributed by atoms with E-state index in [4.69, 9.17) is 5.11 Å². The summed E-state index contributed by atoms with van der Waals surface area (Å²) in [5.74, 6) is -1.59. The molecule has 1 unspecified atom stereocenters. The largest absolute Gasteiger partial charge is 0.478 e. The second-order valence-electron chi connectivity index (χ2n) is 7.37. The van der Waals surface area contributed by atoms with Gasteiger partial charge in [0.25, 0.3) is 0 Å². The number of rotatable bonds is 5. The van der Waals surface area contributed by atoms with E-state index >= 15 is 0 Å². The topological polar surface area (TPSA) is 86.7 Å². The summed E-state index contributed by atoms with van der Waals surface area (Å²) in [4.78, 5) is 37.7. The quantitative estimate of drug-likeness (QED) is 0.835. The number of benzene rings is 2. The van der Waals surface area contributed by atoms with Crippen LogP contribution < -0.4 is 10.2 Å². The first-order valence-electron chi connectivity index (χ1n) is 9.24. The molecule has 3 rings (SSSR count). The molecule has 1 atom stereocenters. The van der Waals surface area contributed by atoms with Crippen molar-refractivity contribution in [2.24, 2.45) is 5.92 Å². The van der Waals surface area contributed by atoms with Gasteiger partial charge >= 0.3 is 5.97 Å². The molecule has 1 saturated heterocycles. The van der Waals surface area contributed by atoms with Crippen molar-refractivity contribution in [1.82, 2.24) is 5.32 Å². The van der Waals surface area contributed by atoms with E-state index < -0.39 is 11.9 Å². The number of hydrogen-bond acceptors (Lipinski definition) is 3. The molecule has 2 N–H and O–H groups in total. The van der Waals surface area contributed by atoms with Crippen molar-refractivity contribution in [3.63, 3.8) is 0 Å². The number of carboxylic acids is 1. The van der Waals surface area contributed by atoms with Gasteiger partial charge in [-0.15, -0.1) is 0 Å². The first-order chi connectivity index (χ1) is 13.3. The smallest absolute Gasteiger partial charge is 0.335 e. The van der Waals surface area contributed by atoms with Crippen molar-refractivity contribution in [1.29, 1.82) is 0 Å². The van der Waals surface area contributed by atoms with Gasteiger partial charge in [-0.05, 0) is 49.6 Å². The van der Waals surface area contributed by atoms with Crippen molar-refractivity contribution in [2.45, 2.75) is 33.7 Å². The molecule has 2 aromatic rings. The van der Waals surface area contributed by atoms with Crippen LogP contribution in [0.15, 0.2) is 36.4 Å². The van der Waals surface area contributed by atoms with Crippen LogP contribution in [0.1, 0.15) is 39.0 Å². The zero-order valence-electron chi connectivity index (χ0n) is 16.3. The predicted octanol–water partition coefficient (Wildman–Crippen LogP) is 2.98. The lowest BCUT2D eigenvalue weighted by Crippen LogP contribution is -2.33. The molecule has 6 heteroatoms. The first-order valence-corrected chi connectivity index (χ1v) is 9.24. The van der Waals surface area contributed by atoms with Crippen molar-refractivity contribution < 1.29 is 19.5 Å². The Morgan fingerprint density at radius 3 is 2.29 bits per heavy atom. The van der Waals surface area contributed by atoms with Gasteiger partial charge in [-0.2, -0.15) is 0 Å². The van der Waals surface area contributed by atoms with E-state index in [-0.39, 0.29) is 23.8 Å². The lowest BCUT2D eigenvalue weighted by atomic mass is 10.0. The minimum atomic E-state index is -0.984. The SMILES string of the molecule is Cc1cc(C)c(N2CC(C(=O)NCc3ccc(C(=O)O)cc3)CC2=O)c(C)c1. The monoisotopic (exact) mass is 380 g/mol. The van der Waals surface area contributed by atoms with Gasteiger partial charge in [0.1, 0.15) is 0 Å². The fraction of sp³-hybridized carbons (Fsp3) is 0.318. The highest BCUT2D eigenvalue weighted by molar-refractivity contribution is 6.01. The van der Waals surface area contributed by atoms with Gasteiger partial charge in [0, 0.05) is 25.2 Å². The minimum Gasteiger partial charge on any atom is -0.478 e. The maximum Gasteiger partial charge on any atom is 0.335 e. The standard InChI is InChI=1S/C22H24N2O4/c1-13-8-14(2)20(15(3)9-13)24-12-18(10-19(24)25)21(26)23-11-16-4-6-17(7-5-16)22(27)28/h4-9,18H,10-12H2,1-3H3,(H,23,26)(H,27,28). The fourth-order valence-corrected chi connectivity index (χ4v) is 3.80. The highest BCUT2D eigenvalue weighted by Crippen LogP contribution is 2.31. The maximum atomic E-state index is 12.6. The zero-order valence-corrected chi connectivity index (χ0v) is 16.3. The van der Waals surface area contributed by atoms with Crippen LogP contribution in [0.25, 0.3) is 0 Å². The Hall–Kier alpha value is -3.15. The summed E-state index contributed by atoms with van der Waals surface area (Å²) in [6.45, 7) is 6.65. The van der Waals surface area contributed by atoms with E-state index in [0.717, 1.165) is 27.9 Å². The van der Waals surface area contributed by atoms with Crippen LogP contribution in [0.4, 0.5) is 5.69 Å². The number of nitrogens with zero attached hydrogens (tertiary/aromatic N) is 1. The number of amides is 2. The lowest BCUT2D eigenvalue weighted by Gasteiger charge is -2.22. The van der Waals surface area contributed by atoms with Gasteiger partial charge in [0.2, 0.25) is 11.8 Å². The van der Waals surface area contributed by atoms with Crippen LogP contribution in [0.5, 0.6) is 0 Å². The molecule has 1 fully saturated rings. The molecule has 0 aliphatic carbocycles.